The number of thiazole rings is 1. The lowest BCUT2D eigenvalue weighted by Gasteiger charge is -2.10. The molecule has 0 saturated carbocycles. The topological polar surface area (TPSA) is 88.2 Å². The summed E-state index contributed by atoms with van der Waals surface area (Å²) in [6, 6.07) is 12.9. The van der Waals surface area contributed by atoms with Crippen molar-refractivity contribution in [3.05, 3.63) is 53.6 Å². The number of aryl methyl sites for hydroxylation is 2. The molecule has 136 valence electrons. The van der Waals surface area contributed by atoms with Crippen molar-refractivity contribution in [3.8, 4) is 0 Å². The summed E-state index contributed by atoms with van der Waals surface area (Å²) in [5.41, 5.74) is 2.36. The number of fused-ring (bicyclic) bond motifs is 1. The van der Waals surface area contributed by atoms with E-state index in [0.29, 0.717) is 10.7 Å². The Morgan fingerprint density at radius 1 is 1.15 bits per heavy atom. The lowest BCUT2D eigenvalue weighted by molar-refractivity contribution is -0.116. The molecule has 0 atom stereocenters. The van der Waals surface area contributed by atoms with Gasteiger partial charge in [0, 0.05) is 13.0 Å². The largest absolute Gasteiger partial charge is 0.302 e. The maximum absolute atomic E-state index is 12.4. The van der Waals surface area contributed by atoms with Crippen LogP contribution in [0.2, 0.25) is 0 Å². The van der Waals surface area contributed by atoms with Gasteiger partial charge in [0.05, 0.1) is 15.1 Å². The number of hydrogen-bond donors (Lipinski definition) is 2. The van der Waals surface area contributed by atoms with Gasteiger partial charge in [0.1, 0.15) is 0 Å². The number of hydrogen-bond acceptors (Lipinski definition) is 5. The zero-order chi connectivity index (χ0) is 18.7. The number of nitrogens with zero attached hydrogens (tertiary/aromatic N) is 1. The molecule has 1 amide bonds. The molecule has 0 bridgehead atoms. The van der Waals surface area contributed by atoms with Crippen molar-refractivity contribution in [1.29, 1.82) is 0 Å². The Labute approximate surface area is 156 Å². The van der Waals surface area contributed by atoms with Crippen molar-refractivity contribution in [2.75, 3.05) is 11.9 Å². The van der Waals surface area contributed by atoms with Gasteiger partial charge in [0.2, 0.25) is 15.9 Å². The number of rotatable bonds is 6. The Balaban J connectivity index is 1.58. The number of benzene rings is 2. The van der Waals surface area contributed by atoms with Gasteiger partial charge in [-0.2, -0.15) is 0 Å². The fourth-order valence-electron chi connectivity index (χ4n) is 2.48. The van der Waals surface area contributed by atoms with E-state index >= 15 is 0 Å². The molecule has 0 saturated heterocycles. The van der Waals surface area contributed by atoms with Crippen LogP contribution in [0.1, 0.15) is 17.5 Å². The zero-order valence-electron chi connectivity index (χ0n) is 14.4. The monoisotopic (exact) mass is 389 g/mol. The summed E-state index contributed by atoms with van der Waals surface area (Å²) in [5, 5.41) is 3.22. The predicted molar refractivity (Wildman–Crippen MR) is 104 cm³/mol. The molecular weight excluding hydrogens is 370 g/mol. The molecule has 6 nitrogen and oxygen atoms in total. The summed E-state index contributed by atoms with van der Waals surface area (Å²) in [5.74, 6) is -0.285. The Bertz CT molecular complexity index is 1030. The van der Waals surface area contributed by atoms with Crippen LogP contribution >= 0.6 is 11.3 Å². The second-order valence-corrected chi connectivity index (χ2v) is 8.72. The second kappa shape index (κ2) is 7.53. The van der Waals surface area contributed by atoms with Gasteiger partial charge in [-0.3, -0.25) is 4.79 Å². The summed E-state index contributed by atoms with van der Waals surface area (Å²) in [7, 11) is -3.65. The number of nitrogens with one attached hydrogen (secondary N) is 2. The van der Waals surface area contributed by atoms with Gasteiger partial charge in [-0.15, -0.1) is 0 Å². The Hall–Kier alpha value is -2.29. The first-order valence-corrected chi connectivity index (χ1v) is 10.4. The van der Waals surface area contributed by atoms with E-state index in [2.05, 4.69) is 15.0 Å². The third kappa shape index (κ3) is 4.27. The van der Waals surface area contributed by atoms with Crippen molar-refractivity contribution in [2.24, 2.45) is 0 Å². The van der Waals surface area contributed by atoms with E-state index in [4.69, 9.17) is 0 Å². The molecular formula is C18H19N3O3S2. The average Bonchev–Trinajstić information content (AvgIpc) is 2.98. The summed E-state index contributed by atoms with van der Waals surface area (Å²) < 4.78 is 28.3. The number of carbonyl (C=O) groups excluding carboxylic acids is 1. The quantitative estimate of drug-likeness (QED) is 0.677. The minimum atomic E-state index is -3.65. The van der Waals surface area contributed by atoms with E-state index in [0.717, 1.165) is 15.8 Å². The highest BCUT2D eigenvalue weighted by atomic mass is 32.2. The number of aromatic nitrogens is 1. The highest BCUT2D eigenvalue weighted by molar-refractivity contribution is 7.89. The number of anilines is 1. The molecule has 0 aliphatic heterocycles. The molecule has 26 heavy (non-hydrogen) atoms. The number of amides is 1. The van der Waals surface area contributed by atoms with Gasteiger partial charge in [-0.25, -0.2) is 18.1 Å². The molecule has 2 N–H and O–H groups in total. The molecule has 0 fully saturated rings. The fourth-order valence-corrected chi connectivity index (χ4v) is 4.72. The van der Waals surface area contributed by atoms with E-state index in [9.17, 15) is 13.2 Å². The van der Waals surface area contributed by atoms with Crippen LogP contribution in [-0.2, 0) is 14.8 Å². The van der Waals surface area contributed by atoms with Crippen LogP contribution in [0.5, 0.6) is 0 Å². The van der Waals surface area contributed by atoms with Crippen LogP contribution in [0, 0.1) is 13.8 Å². The molecule has 1 heterocycles. The highest BCUT2D eigenvalue weighted by Gasteiger charge is 2.17. The van der Waals surface area contributed by atoms with E-state index < -0.39 is 10.0 Å². The molecule has 2 aromatic carbocycles. The summed E-state index contributed by atoms with van der Waals surface area (Å²) in [6.45, 7) is 3.60. The summed E-state index contributed by atoms with van der Waals surface area (Å²) in [4.78, 5) is 16.6. The van der Waals surface area contributed by atoms with Crippen molar-refractivity contribution < 1.29 is 13.2 Å². The van der Waals surface area contributed by atoms with E-state index in [-0.39, 0.29) is 23.8 Å². The van der Waals surface area contributed by atoms with Crippen molar-refractivity contribution >= 4 is 42.6 Å². The first-order chi connectivity index (χ1) is 12.3. The van der Waals surface area contributed by atoms with Gasteiger partial charge in [-0.1, -0.05) is 35.6 Å². The van der Waals surface area contributed by atoms with Crippen LogP contribution in [0.3, 0.4) is 0 Å². The molecule has 0 aliphatic carbocycles. The predicted octanol–water partition coefficient (Wildman–Crippen LogP) is 3.22. The molecule has 3 rings (SSSR count). The van der Waals surface area contributed by atoms with E-state index in [1.54, 1.807) is 19.1 Å². The standard InChI is InChI=1S/C18H19N3O3S2/c1-12-7-8-13(2)16(11-12)26(23,24)19-10-9-17(22)21-18-20-14-5-3-4-6-15(14)25-18/h3-8,11,19H,9-10H2,1-2H3,(H,20,21,22). The van der Waals surface area contributed by atoms with E-state index in [1.807, 2.05) is 37.3 Å². The fraction of sp³-hybridized carbons (Fsp3) is 0.222. The second-order valence-electron chi connectivity index (χ2n) is 5.95. The molecule has 0 aliphatic rings. The molecule has 0 radical (unpaired) electrons. The van der Waals surface area contributed by atoms with Crippen LogP contribution in [0.25, 0.3) is 10.2 Å². The van der Waals surface area contributed by atoms with Crippen molar-refractivity contribution in [2.45, 2.75) is 25.2 Å². The van der Waals surface area contributed by atoms with Gasteiger partial charge >= 0.3 is 0 Å². The number of para-hydroxylation sites is 1. The Morgan fingerprint density at radius 2 is 1.92 bits per heavy atom. The Morgan fingerprint density at radius 3 is 2.69 bits per heavy atom. The van der Waals surface area contributed by atoms with Crippen LogP contribution in [-0.4, -0.2) is 25.9 Å². The van der Waals surface area contributed by atoms with Gasteiger partial charge in [0.15, 0.2) is 5.13 Å². The lowest BCUT2D eigenvalue weighted by Crippen LogP contribution is -2.28. The number of sulfonamides is 1. The third-order valence-corrected chi connectivity index (χ3v) is 6.37. The first-order valence-electron chi connectivity index (χ1n) is 8.07. The van der Waals surface area contributed by atoms with Gasteiger partial charge < -0.3 is 5.32 Å². The summed E-state index contributed by atoms with van der Waals surface area (Å²) >= 11 is 1.38. The van der Waals surface area contributed by atoms with Crippen LogP contribution < -0.4 is 10.0 Å². The van der Waals surface area contributed by atoms with Crippen molar-refractivity contribution in [1.82, 2.24) is 9.71 Å². The lowest BCUT2D eigenvalue weighted by atomic mass is 10.2. The maximum atomic E-state index is 12.4. The normalized spacial score (nSPS) is 11.6. The Kier molecular flexibility index (Phi) is 5.36. The van der Waals surface area contributed by atoms with E-state index in [1.165, 1.54) is 11.3 Å². The molecule has 1 aromatic heterocycles. The third-order valence-electron chi connectivity index (χ3n) is 3.82. The van der Waals surface area contributed by atoms with Crippen LogP contribution in [0.15, 0.2) is 47.4 Å². The highest BCUT2D eigenvalue weighted by Crippen LogP contribution is 2.25. The smallest absolute Gasteiger partial charge is 0.240 e. The SMILES string of the molecule is Cc1ccc(C)c(S(=O)(=O)NCCC(=O)Nc2nc3ccccc3s2)c1. The molecule has 0 spiro atoms. The van der Waals surface area contributed by atoms with Gasteiger partial charge in [-0.05, 0) is 43.2 Å². The maximum Gasteiger partial charge on any atom is 0.240 e. The molecule has 0 unspecified atom stereocenters. The molecule has 3 aromatic rings. The number of carbonyl (C=O) groups is 1. The van der Waals surface area contributed by atoms with Crippen molar-refractivity contribution in [3.63, 3.8) is 0 Å². The van der Waals surface area contributed by atoms with Gasteiger partial charge in [0.25, 0.3) is 0 Å². The van der Waals surface area contributed by atoms with Crippen LogP contribution in [0.4, 0.5) is 5.13 Å². The summed E-state index contributed by atoms with van der Waals surface area (Å²) in [6.07, 6.45) is 0.0278. The minimum Gasteiger partial charge on any atom is -0.302 e. The average molecular weight is 390 g/mol. The zero-order valence-corrected chi connectivity index (χ0v) is 16.1. The minimum absolute atomic E-state index is 0.0203. The molecule has 8 heteroatoms. The first kappa shape index (κ1) is 18.5.